The molecule has 1 rings (SSSR count). The number of rotatable bonds is 8. The first-order valence-electron chi connectivity index (χ1n) is 6.82. The Hall–Kier alpha value is -1.46. The SMILES string of the molecule is CCCCNC(CC(=O)OC)C(O)c1ccc(F)cc1. The number of nitrogens with one attached hydrogen (secondary N) is 1. The maximum Gasteiger partial charge on any atom is 0.307 e. The highest BCUT2D eigenvalue weighted by molar-refractivity contribution is 5.70. The Morgan fingerprint density at radius 3 is 2.60 bits per heavy atom. The van der Waals surface area contributed by atoms with Crippen molar-refractivity contribution in [3.63, 3.8) is 0 Å². The lowest BCUT2D eigenvalue weighted by atomic mass is 9.99. The van der Waals surface area contributed by atoms with Gasteiger partial charge in [0.25, 0.3) is 0 Å². The van der Waals surface area contributed by atoms with Crippen LogP contribution in [0.5, 0.6) is 0 Å². The summed E-state index contributed by atoms with van der Waals surface area (Å²) in [7, 11) is 1.32. The second kappa shape index (κ2) is 8.66. The van der Waals surface area contributed by atoms with E-state index in [4.69, 9.17) is 0 Å². The highest BCUT2D eigenvalue weighted by atomic mass is 19.1. The van der Waals surface area contributed by atoms with E-state index in [-0.39, 0.29) is 18.2 Å². The molecule has 0 aromatic heterocycles. The number of ether oxygens (including phenoxy) is 1. The lowest BCUT2D eigenvalue weighted by Gasteiger charge is -2.23. The summed E-state index contributed by atoms with van der Waals surface area (Å²) in [6, 6.07) is 5.18. The Kier molecular flexibility index (Phi) is 7.18. The van der Waals surface area contributed by atoms with Gasteiger partial charge in [-0.05, 0) is 30.7 Å². The molecule has 0 radical (unpaired) electrons. The molecule has 2 unspecified atom stereocenters. The molecule has 0 heterocycles. The molecule has 4 nitrogen and oxygen atoms in total. The Morgan fingerprint density at radius 2 is 2.05 bits per heavy atom. The third-order valence-electron chi connectivity index (χ3n) is 3.14. The van der Waals surface area contributed by atoms with Crippen molar-refractivity contribution in [1.29, 1.82) is 0 Å². The highest BCUT2D eigenvalue weighted by Gasteiger charge is 2.23. The molecule has 0 bridgehead atoms. The number of hydrogen-bond donors (Lipinski definition) is 2. The zero-order valence-electron chi connectivity index (χ0n) is 11.9. The molecular weight excluding hydrogens is 261 g/mol. The maximum absolute atomic E-state index is 12.9. The molecule has 0 saturated heterocycles. The van der Waals surface area contributed by atoms with E-state index in [2.05, 4.69) is 17.0 Å². The summed E-state index contributed by atoms with van der Waals surface area (Å²) in [4.78, 5) is 11.4. The fraction of sp³-hybridized carbons (Fsp3) is 0.533. The molecule has 20 heavy (non-hydrogen) atoms. The van der Waals surface area contributed by atoms with Gasteiger partial charge >= 0.3 is 5.97 Å². The van der Waals surface area contributed by atoms with Gasteiger partial charge in [-0.2, -0.15) is 0 Å². The van der Waals surface area contributed by atoms with Crippen molar-refractivity contribution in [2.45, 2.75) is 38.3 Å². The number of esters is 1. The number of benzene rings is 1. The van der Waals surface area contributed by atoms with Crippen LogP contribution in [0.15, 0.2) is 24.3 Å². The van der Waals surface area contributed by atoms with E-state index in [0.717, 1.165) is 12.8 Å². The van der Waals surface area contributed by atoms with E-state index >= 15 is 0 Å². The summed E-state index contributed by atoms with van der Waals surface area (Å²) >= 11 is 0. The lowest BCUT2D eigenvalue weighted by Crippen LogP contribution is -2.37. The number of carbonyl (C=O) groups excluding carboxylic acids is 1. The van der Waals surface area contributed by atoms with Crippen molar-refractivity contribution in [2.24, 2.45) is 0 Å². The van der Waals surface area contributed by atoms with Crippen LogP contribution in [-0.2, 0) is 9.53 Å². The summed E-state index contributed by atoms with van der Waals surface area (Å²) in [5, 5.41) is 13.5. The number of carbonyl (C=O) groups is 1. The van der Waals surface area contributed by atoms with Crippen molar-refractivity contribution >= 4 is 5.97 Å². The molecule has 1 aromatic carbocycles. The average molecular weight is 283 g/mol. The van der Waals surface area contributed by atoms with E-state index < -0.39 is 12.1 Å². The van der Waals surface area contributed by atoms with Gasteiger partial charge in [-0.25, -0.2) is 4.39 Å². The van der Waals surface area contributed by atoms with Gasteiger partial charge in [-0.1, -0.05) is 25.5 Å². The number of aliphatic hydroxyl groups excluding tert-OH is 1. The molecule has 0 fully saturated rings. The first kappa shape index (κ1) is 16.6. The Labute approximate surface area is 119 Å². The van der Waals surface area contributed by atoms with E-state index in [1.165, 1.54) is 31.4 Å². The molecule has 0 aliphatic carbocycles. The van der Waals surface area contributed by atoms with Crippen molar-refractivity contribution < 1.29 is 19.0 Å². The first-order valence-corrected chi connectivity index (χ1v) is 6.82. The minimum absolute atomic E-state index is 0.0682. The van der Waals surface area contributed by atoms with Crippen LogP contribution in [0.4, 0.5) is 4.39 Å². The van der Waals surface area contributed by atoms with Gasteiger partial charge in [0.2, 0.25) is 0 Å². The zero-order chi connectivity index (χ0) is 15.0. The van der Waals surface area contributed by atoms with Crippen LogP contribution in [0.2, 0.25) is 0 Å². The van der Waals surface area contributed by atoms with Crippen LogP contribution >= 0.6 is 0 Å². The monoisotopic (exact) mass is 283 g/mol. The van der Waals surface area contributed by atoms with Crippen LogP contribution < -0.4 is 5.32 Å². The highest BCUT2D eigenvalue weighted by Crippen LogP contribution is 2.20. The standard InChI is InChI=1S/C15H22FNO3/c1-3-4-9-17-13(10-14(18)20-2)15(19)11-5-7-12(16)8-6-11/h5-8,13,15,17,19H,3-4,9-10H2,1-2H3. The minimum Gasteiger partial charge on any atom is -0.469 e. The summed E-state index contributed by atoms with van der Waals surface area (Å²) in [6.45, 7) is 2.77. The van der Waals surface area contributed by atoms with Gasteiger partial charge in [0.1, 0.15) is 5.82 Å². The Balaban J connectivity index is 2.73. The number of methoxy groups -OCH3 is 1. The summed E-state index contributed by atoms with van der Waals surface area (Å²) in [5.41, 5.74) is 0.573. The predicted octanol–water partition coefficient (Wildman–Crippen LogP) is 2.18. The lowest BCUT2D eigenvalue weighted by molar-refractivity contribution is -0.142. The van der Waals surface area contributed by atoms with Crippen LogP contribution in [0.3, 0.4) is 0 Å². The van der Waals surface area contributed by atoms with Gasteiger partial charge in [0, 0.05) is 6.04 Å². The van der Waals surface area contributed by atoms with E-state index in [1.54, 1.807) is 0 Å². The largest absolute Gasteiger partial charge is 0.469 e. The zero-order valence-corrected chi connectivity index (χ0v) is 11.9. The first-order chi connectivity index (χ1) is 9.58. The van der Waals surface area contributed by atoms with Gasteiger partial charge in [-0.15, -0.1) is 0 Å². The van der Waals surface area contributed by atoms with Gasteiger partial charge in [0.05, 0.1) is 19.6 Å². The molecule has 0 saturated carbocycles. The van der Waals surface area contributed by atoms with Gasteiger partial charge in [-0.3, -0.25) is 4.79 Å². The number of unbranched alkanes of at least 4 members (excludes halogenated alkanes) is 1. The van der Waals surface area contributed by atoms with Crippen LogP contribution in [0.1, 0.15) is 37.9 Å². The topological polar surface area (TPSA) is 58.6 Å². The van der Waals surface area contributed by atoms with Crippen molar-refractivity contribution in [3.05, 3.63) is 35.6 Å². The minimum atomic E-state index is -0.883. The predicted molar refractivity (Wildman–Crippen MR) is 74.7 cm³/mol. The van der Waals surface area contributed by atoms with E-state index in [9.17, 15) is 14.3 Å². The van der Waals surface area contributed by atoms with E-state index in [1.807, 2.05) is 0 Å². The molecule has 5 heteroatoms. The molecule has 0 aliphatic rings. The van der Waals surface area contributed by atoms with Crippen molar-refractivity contribution in [3.8, 4) is 0 Å². The molecule has 0 amide bonds. The number of aliphatic hydroxyl groups is 1. The third-order valence-corrected chi connectivity index (χ3v) is 3.14. The molecule has 2 atom stereocenters. The molecule has 2 N–H and O–H groups in total. The molecule has 0 aliphatic heterocycles. The quantitative estimate of drug-likeness (QED) is 0.567. The molecular formula is C15H22FNO3. The second-order valence-corrected chi connectivity index (χ2v) is 4.69. The number of halogens is 1. The van der Waals surface area contributed by atoms with Gasteiger partial charge < -0.3 is 15.2 Å². The van der Waals surface area contributed by atoms with Crippen molar-refractivity contribution in [1.82, 2.24) is 5.32 Å². The molecule has 0 spiro atoms. The maximum atomic E-state index is 12.9. The van der Waals surface area contributed by atoms with E-state index in [0.29, 0.717) is 12.1 Å². The normalized spacial score (nSPS) is 13.8. The van der Waals surface area contributed by atoms with Gasteiger partial charge in [0.15, 0.2) is 0 Å². The fourth-order valence-electron chi connectivity index (χ4n) is 1.91. The number of hydrogen-bond acceptors (Lipinski definition) is 4. The summed E-state index contributed by atoms with van der Waals surface area (Å²) in [5.74, 6) is -0.746. The van der Waals surface area contributed by atoms with Crippen LogP contribution in [0.25, 0.3) is 0 Å². The Bertz CT molecular complexity index is 408. The summed E-state index contributed by atoms with van der Waals surface area (Å²) < 4.78 is 17.5. The van der Waals surface area contributed by atoms with Crippen molar-refractivity contribution in [2.75, 3.05) is 13.7 Å². The second-order valence-electron chi connectivity index (χ2n) is 4.69. The van der Waals surface area contributed by atoms with Crippen LogP contribution in [-0.4, -0.2) is 30.8 Å². The fourth-order valence-corrected chi connectivity index (χ4v) is 1.91. The Morgan fingerprint density at radius 1 is 1.40 bits per heavy atom. The average Bonchev–Trinajstić information content (AvgIpc) is 2.46. The smallest absolute Gasteiger partial charge is 0.307 e. The van der Waals surface area contributed by atoms with Crippen LogP contribution in [0, 0.1) is 5.82 Å². The molecule has 1 aromatic rings. The third kappa shape index (κ3) is 5.27. The summed E-state index contributed by atoms with van der Waals surface area (Å²) in [6.07, 6.45) is 1.16. The molecule has 112 valence electrons.